The minimum atomic E-state index is 0.0262. The Bertz CT molecular complexity index is 472. The SMILES string of the molecule is CCCCCCCCCCCCCCCCCCCCCCCOC(=O)CCCCCCCCCCCC(C)C. The van der Waals surface area contributed by atoms with Crippen molar-refractivity contribution in [3.63, 3.8) is 0 Å². The molecule has 0 unspecified atom stereocenters. The van der Waals surface area contributed by atoms with E-state index in [4.69, 9.17) is 4.74 Å². The summed E-state index contributed by atoms with van der Waals surface area (Å²) in [7, 11) is 0. The van der Waals surface area contributed by atoms with Crippen molar-refractivity contribution >= 4 is 5.97 Å². The lowest BCUT2D eigenvalue weighted by molar-refractivity contribution is -0.143. The maximum Gasteiger partial charge on any atom is 0.305 e. The summed E-state index contributed by atoms with van der Waals surface area (Å²) in [5, 5.41) is 0. The number of hydrogen-bond acceptors (Lipinski definition) is 2. The molecule has 2 nitrogen and oxygen atoms in total. The largest absolute Gasteiger partial charge is 0.466 e. The molecule has 0 spiro atoms. The Hall–Kier alpha value is -0.530. The predicted octanol–water partition coefficient (Wildman–Crippen LogP) is 13.7. The van der Waals surface area contributed by atoms with Gasteiger partial charge in [0.25, 0.3) is 0 Å². The first-order valence-electron chi connectivity index (χ1n) is 18.8. The minimum Gasteiger partial charge on any atom is -0.466 e. The number of esters is 1. The third-order valence-electron chi connectivity index (χ3n) is 8.67. The molecule has 0 heterocycles. The fraction of sp³-hybridized carbons (Fsp3) is 0.974. The first kappa shape index (κ1) is 39.5. The highest BCUT2D eigenvalue weighted by Gasteiger charge is 2.03. The van der Waals surface area contributed by atoms with Gasteiger partial charge < -0.3 is 4.74 Å². The Morgan fingerprint density at radius 1 is 0.425 bits per heavy atom. The van der Waals surface area contributed by atoms with Gasteiger partial charge in [-0.15, -0.1) is 0 Å². The van der Waals surface area contributed by atoms with Gasteiger partial charge in [0.05, 0.1) is 6.61 Å². The molecule has 0 radical (unpaired) electrons. The van der Waals surface area contributed by atoms with Crippen LogP contribution in [0.3, 0.4) is 0 Å². The van der Waals surface area contributed by atoms with Crippen molar-refractivity contribution in [3.05, 3.63) is 0 Å². The quantitative estimate of drug-likeness (QED) is 0.0574. The summed E-state index contributed by atoms with van der Waals surface area (Å²) in [6, 6.07) is 0. The van der Waals surface area contributed by atoms with Gasteiger partial charge in [-0.2, -0.15) is 0 Å². The van der Waals surface area contributed by atoms with Gasteiger partial charge in [-0.1, -0.05) is 207 Å². The second-order valence-electron chi connectivity index (χ2n) is 13.4. The minimum absolute atomic E-state index is 0.0262. The Morgan fingerprint density at radius 3 is 1.07 bits per heavy atom. The molecule has 0 bridgehead atoms. The van der Waals surface area contributed by atoms with E-state index in [1.807, 2.05) is 0 Å². The van der Waals surface area contributed by atoms with E-state index in [0.717, 1.165) is 18.8 Å². The zero-order chi connectivity index (χ0) is 29.2. The van der Waals surface area contributed by atoms with E-state index in [0.29, 0.717) is 13.0 Å². The Kier molecular flexibility index (Phi) is 34.2. The van der Waals surface area contributed by atoms with E-state index in [-0.39, 0.29) is 5.97 Å². The molecule has 0 atom stereocenters. The second-order valence-corrected chi connectivity index (χ2v) is 13.4. The third-order valence-corrected chi connectivity index (χ3v) is 8.67. The van der Waals surface area contributed by atoms with Gasteiger partial charge in [0, 0.05) is 6.42 Å². The van der Waals surface area contributed by atoms with E-state index in [9.17, 15) is 4.79 Å². The molecule has 0 aromatic carbocycles. The number of rotatable bonds is 34. The molecule has 240 valence electrons. The fourth-order valence-corrected chi connectivity index (χ4v) is 5.85. The van der Waals surface area contributed by atoms with Gasteiger partial charge in [-0.25, -0.2) is 0 Å². The lowest BCUT2D eigenvalue weighted by atomic mass is 10.0. The smallest absolute Gasteiger partial charge is 0.305 e. The van der Waals surface area contributed by atoms with Gasteiger partial charge in [-0.05, 0) is 18.8 Å². The molecule has 0 saturated heterocycles. The highest BCUT2D eigenvalue weighted by Crippen LogP contribution is 2.16. The van der Waals surface area contributed by atoms with Gasteiger partial charge in [0.1, 0.15) is 0 Å². The lowest BCUT2D eigenvalue weighted by Crippen LogP contribution is -2.05. The first-order chi connectivity index (χ1) is 19.7. The van der Waals surface area contributed by atoms with Crippen LogP contribution in [0.25, 0.3) is 0 Å². The number of hydrogen-bond donors (Lipinski definition) is 0. The molecule has 0 N–H and O–H groups in total. The average molecular weight is 565 g/mol. The van der Waals surface area contributed by atoms with Crippen molar-refractivity contribution < 1.29 is 9.53 Å². The molecule has 0 aliphatic carbocycles. The molecule has 0 saturated carbocycles. The number of ether oxygens (including phenoxy) is 1. The van der Waals surface area contributed by atoms with Crippen molar-refractivity contribution in [1.82, 2.24) is 0 Å². The Morgan fingerprint density at radius 2 is 0.725 bits per heavy atom. The van der Waals surface area contributed by atoms with Crippen LogP contribution in [-0.2, 0) is 9.53 Å². The molecule has 0 aromatic heterocycles. The molecule has 0 aliphatic rings. The number of carbonyl (C=O) groups excluding carboxylic acids is 1. The van der Waals surface area contributed by atoms with Crippen molar-refractivity contribution in [1.29, 1.82) is 0 Å². The topological polar surface area (TPSA) is 26.3 Å². The zero-order valence-corrected chi connectivity index (χ0v) is 28.2. The zero-order valence-electron chi connectivity index (χ0n) is 28.2. The molecule has 0 rings (SSSR count). The predicted molar refractivity (Wildman–Crippen MR) is 179 cm³/mol. The molecule has 0 aliphatic heterocycles. The molecular weight excluding hydrogens is 488 g/mol. The summed E-state index contributed by atoms with van der Waals surface area (Å²) in [4.78, 5) is 11.9. The summed E-state index contributed by atoms with van der Waals surface area (Å²) < 4.78 is 5.44. The van der Waals surface area contributed by atoms with E-state index in [1.54, 1.807) is 0 Å². The van der Waals surface area contributed by atoms with Crippen molar-refractivity contribution in [2.24, 2.45) is 5.92 Å². The average Bonchev–Trinajstić information content (AvgIpc) is 2.94. The second kappa shape index (κ2) is 34.7. The van der Waals surface area contributed by atoms with Gasteiger partial charge in [0.15, 0.2) is 0 Å². The van der Waals surface area contributed by atoms with Crippen LogP contribution < -0.4 is 0 Å². The highest BCUT2D eigenvalue weighted by molar-refractivity contribution is 5.69. The maximum atomic E-state index is 11.9. The van der Waals surface area contributed by atoms with Crippen LogP contribution in [0.4, 0.5) is 0 Å². The van der Waals surface area contributed by atoms with E-state index in [1.165, 1.54) is 186 Å². The first-order valence-corrected chi connectivity index (χ1v) is 18.8. The summed E-state index contributed by atoms with van der Waals surface area (Å²) >= 11 is 0. The van der Waals surface area contributed by atoms with Gasteiger partial charge in [-0.3, -0.25) is 4.79 Å². The molecule has 0 fully saturated rings. The van der Waals surface area contributed by atoms with Crippen molar-refractivity contribution in [2.45, 2.75) is 226 Å². The Balaban J connectivity index is 3.14. The standard InChI is InChI=1S/C38H76O2/c1-4-5-6-7-8-9-10-11-12-13-14-15-16-17-18-19-20-24-27-30-33-36-40-38(39)35-32-29-26-23-21-22-25-28-31-34-37(2)3/h37H,4-36H2,1-3H3. The normalized spacial score (nSPS) is 11.5. The Labute approximate surface area is 254 Å². The van der Waals surface area contributed by atoms with E-state index < -0.39 is 0 Å². The summed E-state index contributed by atoms with van der Waals surface area (Å²) in [5.74, 6) is 0.883. The van der Waals surface area contributed by atoms with Crippen LogP contribution in [-0.4, -0.2) is 12.6 Å². The molecule has 2 heteroatoms. The highest BCUT2D eigenvalue weighted by atomic mass is 16.5. The van der Waals surface area contributed by atoms with Crippen LogP contribution in [0.1, 0.15) is 226 Å². The summed E-state index contributed by atoms with van der Waals surface area (Å²) in [6.07, 6.45) is 43.2. The molecule has 40 heavy (non-hydrogen) atoms. The lowest BCUT2D eigenvalue weighted by Gasteiger charge is -2.06. The molecule has 0 aromatic rings. The van der Waals surface area contributed by atoms with E-state index >= 15 is 0 Å². The van der Waals surface area contributed by atoms with Crippen LogP contribution >= 0.6 is 0 Å². The third kappa shape index (κ3) is 35.5. The van der Waals surface area contributed by atoms with Gasteiger partial charge >= 0.3 is 5.97 Å². The van der Waals surface area contributed by atoms with Crippen LogP contribution in [0.5, 0.6) is 0 Å². The molecule has 0 amide bonds. The van der Waals surface area contributed by atoms with E-state index in [2.05, 4.69) is 20.8 Å². The number of unbranched alkanes of at least 4 members (excludes halogenated alkanes) is 28. The van der Waals surface area contributed by atoms with Crippen LogP contribution in [0.2, 0.25) is 0 Å². The van der Waals surface area contributed by atoms with Crippen LogP contribution in [0.15, 0.2) is 0 Å². The fourth-order valence-electron chi connectivity index (χ4n) is 5.85. The monoisotopic (exact) mass is 565 g/mol. The summed E-state index contributed by atoms with van der Waals surface area (Å²) in [6.45, 7) is 7.57. The van der Waals surface area contributed by atoms with Crippen LogP contribution in [0, 0.1) is 5.92 Å². The molecular formula is C38H76O2. The van der Waals surface area contributed by atoms with Crippen molar-refractivity contribution in [2.75, 3.05) is 6.61 Å². The number of carbonyl (C=O) groups is 1. The van der Waals surface area contributed by atoms with Crippen molar-refractivity contribution in [3.8, 4) is 0 Å². The van der Waals surface area contributed by atoms with Gasteiger partial charge in [0.2, 0.25) is 0 Å². The maximum absolute atomic E-state index is 11.9. The summed E-state index contributed by atoms with van der Waals surface area (Å²) in [5.41, 5.74) is 0.